The van der Waals surface area contributed by atoms with E-state index in [2.05, 4.69) is 26.1 Å². The first-order valence-electron chi connectivity index (χ1n) is 7.94. The molecule has 0 saturated carbocycles. The van der Waals surface area contributed by atoms with Gasteiger partial charge in [-0.05, 0) is 30.7 Å². The molecule has 1 fully saturated rings. The van der Waals surface area contributed by atoms with Crippen molar-refractivity contribution in [2.24, 2.45) is 5.92 Å². The molecule has 0 unspecified atom stereocenters. The van der Waals surface area contributed by atoms with E-state index in [0.29, 0.717) is 19.6 Å². The van der Waals surface area contributed by atoms with Gasteiger partial charge in [0, 0.05) is 42.3 Å². The van der Waals surface area contributed by atoms with E-state index in [4.69, 9.17) is 0 Å². The first-order chi connectivity index (χ1) is 10.9. The van der Waals surface area contributed by atoms with Gasteiger partial charge >= 0.3 is 0 Å². The lowest BCUT2D eigenvalue weighted by Crippen LogP contribution is -2.51. The van der Waals surface area contributed by atoms with Crippen LogP contribution in [0.15, 0.2) is 22.7 Å². The van der Waals surface area contributed by atoms with Crippen molar-refractivity contribution < 1.29 is 9.59 Å². The van der Waals surface area contributed by atoms with Gasteiger partial charge in [-0.3, -0.25) is 14.5 Å². The minimum Gasteiger partial charge on any atom is -0.340 e. The van der Waals surface area contributed by atoms with Gasteiger partial charge in [0.25, 0.3) is 0 Å². The van der Waals surface area contributed by atoms with E-state index < -0.39 is 0 Å². The molecule has 1 saturated heterocycles. The monoisotopic (exact) mass is 381 g/mol. The molecule has 1 aromatic rings. The normalized spacial score (nSPS) is 15.8. The molecule has 23 heavy (non-hydrogen) atoms. The average molecular weight is 382 g/mol. The molecule has 1 aromatic carbocycles. The third-order valence-corrected chi connectivity index (χ3v) is 4.50. The van der Waals surface area contributed by atoms with E-state index >= 15 is 0 Å². The number of amides is 2. The Morgan fingerprint density at radius 3 is 2.43 bits per heavy atom. The summed E-state index contributed by atoms with van der Waals surface area (Å²) in [7, 11) is 0. The van der Waals surface area contributed by atoms with Crippen LogP contribution in [-0.4, -0.2) is 54.3 Å². The molecule has 2 rings (SSSR count). The lowest BCUT2D eigenvalue weighted by atomic mass is 10.1. The van der Waals surface area contributed by atoms with E-state index in [9.17, 15) is 9.59 Å². The van der Waals surface area contributed by atoms with Crippen molar-refractivity contribution in [3.63, 3.8) is 0 Å². The number of hydrogen-bond donors (Lipinski definition) is 1. The average Bonchev–Trinajstić information content (AvgIpc) is 2.50. The number of halogens is 1. The van der Waals surface area contributed by atoms with Crippen molar-refractivity contribution in [2.45, 2.75) is 20.8 Å². The minimum atomic E-state index is -0.0148. The van der Waals surface area contributed by atoms with Gasteiger partial charge in [-0.2, -0.15) is 0 Å². The third-order valence-electron chi connectivity index (χ3n) is 4.01. The second-order valence-electron chi connectivity index (χ2n) is 6.26. The van der Waals surface area contributed by atoms with Crippen molar-refractivity contribution in [3.05, 3.63) is 28.2 Å². The predicted octanol–water partition coefficient (Wildman–Crippen LogP) is 2.50. The Labute approximate surface area is 146 Å². The van der Waals surface area contributed by atoms with Crippen LogP contribution in [0.2, 0.25) is 0 Å². The molecule has 1 heterocycles. The molecule has 0 bridgehead atoms. The fourth-order valence-corrected chi connectivity index (χ4v) is 3.13. The summed E-state index contributed by atoms with van der Waals surface area (Å²) >= 11 is 3.42. The van der Waals surface area contributed by atoms with Crippen molar-refractivity contribution in [2.75, 3.05) is 38.0 Å². The van der Waals surface area contributed by atoms with Gasteiger partial charge in [-0.1, -0.05) is 29.8 Å². The van der Waals surface area contributed by atoms with Crippen LogP contribution in [0.5, 0.6) is 0 Å². The zero-order valence-electron chi connectivity index (χ0n) is 13.9. The summed E-state index contributed by atoms with van der Waals surface area (Å²) in [4.78, 5) is 28.1. The molecule has 2 amide bonds. The third kappa shape index (κ3) is 5.04. The van der Waals surface area contributed by atoms with Gasteiger partial charge in [0.15, 0.2) is 0 Å². The van der Waals surface area contributed by atoms with Gasteiger partial charge < -0.3 is 10.2 Å². The second kappa shape index (κ2) is 7.93. The van der Waals surface area contributed by atoms with Gasteiger partial charge in [0.1, 0.15) is 0 Å². The number of carbonyl (C=O) groups excluding carboxylic acids is 2. The van der Waals surface area contributed by atoms with E-state index in [1.54, 1.807) is 0 Å². The van der Waals surface area contributed by atoms with Crippen molar-refractivity contribution in [1.82, 2.24) is 9.80 Å². The molecule has 0 aliphatic carbocycles. The van der Waals surface area contributed by atoms with Crippen LogP contribution in [0, 0.1) is 12.8 Å². The zero-order valence-corrected chi connectivity index (χ0v) is 15.5. The topological polar surface area (TPSA) is 52.7 Å². The van der Waals surface area contributed by atoms with Crippen LogP contribution in [0.3, 0.4) is 0 Å². The molecule has 1 aliphatic heterocycles. The summed E-state index contributed by atoms with van der Waals surface area (Å²) in [5.41, 5.74) is 1.87. The first-order valence-corrected chi connectivity index (χ1v) is 8.73. The Morgan fingerprint density at radius 1 is 1.22 bits per heavy atom. The lowest BCUT2D eigenvalue weighted by molar-refractivity contribution is -0.136. The Bertz CT molecular complexity index is 581. The van der Waals surface area contributed by atoms with Crippen LogP contribution in [0.4, 0.5) is 5.69 Å². The van der Waals surface area contributed by atoms with Crippen LogP contribution in [0.25, 0.3) is 0 Å². The maximum Gasteiger partial charge on any atom is 0.238 e. The summed E-state index contributed by atoms with van der Waals surface area (Å²) < 4.78 is 0.999. The number of rotatable bonds is 4. The molecular weight excluding hydrogens is 358 g/mol. The Morgan fingerprint density at radius 2 is 1.87 bits per heavy atom. The number of nitrogens with zero attached hydrogens (tertiary/aromatic N) is 2. The Balaban J connectivity index is 1.82. The quantitative estimate of drug-likeness (QED) is 0.871. The largest absolute Gasteiger partial charge is 0.340 e. The lowest BCUT2D eigenvalue weighted by Gasteiger charge is -2.35. The van der Waals surface area contributed by atoms with Crippen LogP contribution in [0.1, 0.15) is 19.4 Å². The van der Waals surface area contributed by atoms with E-state index in [1.165, 1.54) is 0 Å². The number of carbonyl (C=O) groups is 2. The predicted molar refractivity (Wildman–Crippen MR) is 95.4 cm³/mol. The Kier molecular flexibility index (Phi) is 6.18. The highest BCUT2D eigenvalue weighted by molar-refractivity contribution is 9.10. The maximum atomic E-state index is 12.2. The molecule has 0 atom stereocenters. The van der Waals surface area contributed by atoms with Gasteiger partial charge in [-0.15, -0.1) is 0 Å². The standard InChI is InChI=1S/C17H24BrN3O2/c1-12(2)17(23)21-8-6-20(7-9-21)11-16(22)19-15-5-4-14(18)10-13(15)3/h4-5,10,12H,6-9,11H2,1-3H3,(H,19,22). The summed E-state index contributed by atoms with van der Waals surface area (Å²) in [5, 5.41) is 2.95. The zero-order chi connectivity index (χ0) is 17.0. The van der Waals surface area contributed by atoms with E-state index in [0.717, 1.165) is 28.8 Å². The fraction of sp³-hybridized carbons (Fsp3) is 0.529. The number of piperazine rings is 1. The summed E-state index contributed by atoms with van der Waals surface area (Å²) in [6.07, 6.45) is 0. The highest BCUT2D eigenvalue weighted by atomic mass is 79.9. The summed E-state index contributed by atoms with van der Waals surface area (Å²) in [6.45, 7) is 9.04. The first kappa shape index (κ1) is 17.9. The summed E-state index contributed by atoms with van der Waals surface area (Å²) in [5.74, 6) is 0.212. The molecule has 5 nitrogen and oxygen atoms in total. The van der Waals surface area contributed by atoms with Crippen LogP contribution >= 0.6 is 15.9 Å². The fourth-order valence-electron chi connectivity index (χ4n) is 2.65. The Hall–Kier alpha value is -1.40. The van der Waals surface area contributed by atoms with Crippen molar-refractivity contribution in [1.29, 1.82) is 0 Å². The summed E-state index contributed by atoms with van der Waals surface area (Å²) in [6, 6.07) is 5.79. The van der Waals surface area contributed by atoms with Crippen molar-refractivity contribution in [3.8, 4) is 0 Å². The number of hydrogen-bond acceptors (Lipinski definition) is 3. The molecule has 1 aliphatic rings. The highest BCUT2D eigenvalue weighted by Gasteiger charge is 2.23. The molecule has 0 aromatic heterocycles. The minimum absolute atomic E-state index is 0.0148. The molecule has 126 valence electrons. The van der Waals surface area contributed by atoms with Crippen LogP contribution in [-0.2, 0) is 9.59 Å². The number of benzene rings is 1. The smallest absolute Gasteiger partial charge is 0.238 e. The number of aryl methyl sites for hydroxylation is 1. The molecular formula is C17H24BrN3O2. The van der Waals surface area contributed by atoms with Crippen LogP contribution < -0.4 is 5.32 Å². The van der Waals surface area contributed by atoms with Gasteiger partial charge in [0.2, 0.25) is 11.8 Å². The van der Waals surface area contributed by atoms with E-state index in [1.807, 2.05) is 43.9 Å². The molecule has 6 heteroatoms. The highest BCUT2D eigenvalue weighted by Crippen LogP contribution is 2.20. The van der Waals surface area contributed by atoms with Gasteiger partial charge in [-0.25, -0.2) is 0 Å². The molecule has 0 radical (unpaired) electrons. The number of anilines is 1. The molecule has 1 N–H and O–H groups in total. The van der Waals surface area contributed by atoms with E-state index in [-0.39, 0.29) is 17.7 Å². The second-order valence-corrected chi connectivity index (χ2v) is 7.18. The van der Waals surface area contributed by atoms with Crippen molar-refractivity contribution >= 4 is 33.4 Å². The SMILES string of the molecule is Cc1cc(Br)ccc1NC(=O)CN1CCN(C(=O)C(C)C)CC1. The number of nitrogens with one attached hydrogen (secondary N) is 1. The molecule has 0 spiro atoms. The van der Waals surface area contributed by atoms with Gasteiger partial charge in [0.05, 0.1) is 6.54 Å². The maximum absolute atomic E-state index is 12.2.